The number of hydrogen-bond donors (Lipinski definition) is 2. The van der Waals surface area contributed by atoms with Crippen LogP contribution in [0.15, 0.2) is 0 Å². The highest BCUT2D eigenvalue weighted by Crippen LogP contribution is 2.32. The Kier molecular flexibility index (Phi) is 4.65. The molecule has 10 heavy (non-hydrogen) atoms. The Balaban J connectivity index is 3.63. The summed E-state index contributed by atoms with van der Waals surface area (Å²) in [7, 11) is -3.88. The van der Waals surface area contributed by atoms with E-state index in [1.54, 1.807) is 0 Å². The largest absolute Gasteiger partial charge is 0.354 e. The third-order valence-corrected chi connectivity index (χ3v) is 5.52. The Morgan fingerprint density at radius 3 is 2.20 bits per heavy atom. The van der Waals surface area contributed by atoms with Gasteiger partial charge in [0.25, 0.3) is 0 Å². The summed E-state index contributed by atoms with van der Waals surface area (Å²) in [6, 6.07) is 0.979. The van der Waals surface area contributed by atoms with Crippen molar-refractivity contribution in [1.82, 2.24) is 0 Å². The van der Waals surface area contributed by atoms with Gasteiger partial charge in [-0.1, -0.05) is 13.3 Å². The summed E-state index contributed by atoms with van der Waals surface area (Å²) >= 11 is 0. The second kappa shape index (κ2) is 4.41. The Morgan fingerprint density at radius 1 is 1.40 bits per heavy atom. The number of hydrogen-bond acceptors (Lipinski definition) is 3. The molecule has 0 aromatic rings. The van der Waals surface area contributed by atoms with Crippen LogP contribution in [0.2, 0.25) is 19.1 Å². The molecule has 0 unspecified atom stereocenters. The first kappa shape index (κ1) is 10.5. The molecule has 2 N–H and O–H groups in total. The maximum absolute atomic E-state index is 8.55. The minimum atomic E-state index is -2.14. The Morgan fingerprint density at radius 2 is 1.90 bits per heavy atom. The van der Waals surface area contributed by atoms with Crippen molar-refractivity contribution in [1.29, 1.82) is 0 Å². The van der Waals surface area contributed by atoms with Gasteiger partial charge in [-0.05, 0) is 19.1 Å². The van der Waals surface area contributed by atoms with Crippen LogP contribution in [0.1, 0.15) is 13.3 Å². The molecule has 0 aliphatic rings. The van der Waals surface area contributed by atoms with E-state index < -0.39 is 16.9 Å². The summed E-state index contributed by atoms with van der Waals surface area (Å²) in [4.78, 5) is 17.1. The summed E-state index contributed by atoms with van der Waals surface area (Å²) in [5.41, 5.74) is 0. The highest BCUT2D eigenvalue weighted by Gasteiger charge is 2.24. The van der Waals surface area contributed by atoms with E-state index in [4.69, 9.17) is 14.0 Å². The fraction of sp³-hybridized carbons (Fsp3) is 1.00. The van der Waals surface area contributed by atoms with Crippen molar-refractivity contribution in [2.24, 2.45) is 0 Å². The zero-order valence-electron chi connectivity index (χ0n) is 6.66. The first-order valence-electron chi connectivity index (χ1n) is 3.35. The van der Waals surface area contributed by atoms with Crippen molar-refractivity contribution in [3.05, 3.63) is 0 Å². The topological polar surface area (TPSA) is 49.7 Å². The van der Waals surface area contributed by atoms with E-state index in [0.29, 0.717) is 0 Å². The first-order valence-corrected chi connectivity index (χ1v) is 7.63. The molecule has 3 nitrogen and oxygen atoms in total. The SMILES string of the molecule is CCC[Si](C)(C)OP(O)O. The van der Waals surface area contributed by atoms with Crippen LogP contribution >= 0.6 is 8.60 Å². The van der Waals surface area contributed by atoms with E-state index in [1.807, 2.05) is 13.1 Å². The molecule has 0 heterocycles. The maximum Gasteiger partial charge on any atom is 0.316 e. The van der Waals surface area contributed by atoms with Gasteiger partial charge < -0.3 is 14.0 Å². The summed E-state index contributed by atoms with van der Waals surface area (Å²) in [6.07, 6.45) is 1.04. The molecule has 0 saturated heterocycles. The van der Waals surface area contributed by atoms with Crippen molar-refractivity contribution >= 4 is 16.9 Å². The van der Waals surface area contributed by atoms with Crippen LogP contribution in [0.4, 0.5) is 0 Å². The maximum atomic E-state index is 8.55. The molecule has 0 atom stereocenters. The number of rotatable bonds is 4. The van der Waals surface area contributed by atoms with E-state index in [0.717, 1.165) is 12.5 Å². The van der Waals surface area contributed by atoms with Crippen LogP contribution in [-0.4, -0.2) is 18.1 Å². The molecule has 62 valence electrons. The Bertz CT molecular complexity index is 96.9. The average Bonchev–Trinajstić information content (AvgIpc) is 1.59. The van der Waals surface area contributed by atoms with Gasteiger partial charge in [-0.2, -0.15) is 0 Å². The van der Waals surface area contributed by atoms with Gasteiger partial charge in [-0.15, -0.1) is 0 Å². The molecule has 0 rings (SSSR count). The molecule has 0 spiro atoms. The van der Waals surface area contributed by atoms with Gasteiger partial charge in [0.15, 0.2) is 8.32 Å². The molecular weight excluding hydrogens is 167 g/mol. The zero-order chi connectivity index (χ0) is 8.20. The lowest BCUT2D eigenvalue weighted by atomic mass is 10.6. The standard InChI is InChI=1S/C5H15O3PSi/c1-4-5-10(2,3)8-9(6)7/h6-7H,4-5H2,1-3H3. The molecule has 0 aliphatic carbocycles. The molecule has 0 aromatic heterocycles. The molecule has 0 fully saturated rings. The van der Waals surface area contributed by atoms with Gasteiger partial charge in [-0.3, -0.25) is 0 Å². The monoisotopic (exact) mass is 182 g/mol. The van der Waals surface area contributed by atoms with Crippen LogP contribution in [0, 0.1) is 0 Å². The molecule has 0 amide bonds. The lowest BCUT2D eigenvalue weighted by Gasteiger charge is -2.21. The van der Waals surface area contributed by atoms with Crippen LogP contribution in [-0.2, 0) is 4.21 Å². The van der Waals surface area contributed by atoms with Crippen LogP contribution < -0.4 is 0 Å². The van der Waals surface area contributed by atoms with Crippen molar-refractivity contribution < 1.29 is 14.0 Å². The lowest BCUT2D eigenvalue weighted by Crippen LogP contribution is -2.27. The van der Waals surface area contributed by atoms with E-state index in [1.165, 1.54) is 0 Å². The normalized spacial score (nSPS) is 12.6. The lowest BCUT2D eigenvalue weighted by molar-refractivity contribution is 0.371. The summed E-state index contributed by atoms with van der Waals surface area (Å²) in [5.74, 6) is 0. The van der Waals surface area contributed by atoms with Crippen molar-refractivity contribution in [3.8, 4) is 0 Å². The van der Waals surface area contributed by atoms with Gasteiger partial charge in [0.2, 0.25) is 0 Å². The van der Waals surface area contributed by atoms with Crippen LogP contribution in [0.25, 0.3) is 0 Å². The summed E-state index contributed by atoms with van der Waals surface area (Å²) < 4.78 is 4.99. The predicted octanol–water partition coefficient (Wildman–Crippen LogP) is 1.83. The second-order valence-corrected chi connectivity index (χ2v) is 8.11. The molecule has 0 bridgehead atoms. The second-order valence-electron chi connectivity index (χ2n) is 2.85. The van der Waals surface area contributed by atoms with Gasteiger partial charge in [0.05, 0.1) is 0 Å². The molecule has 5 heteroatoms. The predicted molar refractivity (Wildman–Crippen MR) is 45.0 cm³/mol. The van der Waals surface area contributed by atoms with E-state index >= 15 is 0 Å². The molecule has 0 aliphatic heterocycles. The minimum absolute atomic E-state index is 0.979. The smallest absolute Gasteiger partial charge is 0.316 e. The van der Waals surface area contributed by atoms with Gasteiger partial charge >= 0.3 is 8.60 Å². The Labute approximate surface area is 64.2 Å². The fourth-order valence-corrected chi connectivity index (χ4v) is 4.21. The van der Waals surface area contributed by atoms with E-state index in [2.05, 4.69) is 6.92 Å². The summed E-state index contributed by atoms with van der Waals surface area (Å²) in [6.45, 7) is 6.03. The fourth-order valence-electron chi connectivity index (χ4n) is 0.869. The van der Waals surface area contributed by atoms with Gasteiger partial charge in [0, 0.05) is 0 Å². The minimum Gasteiger partial charge on any atom is -0.354 e. The molecular formula is C5H15O3PSi. The van der Waals surface area contributed by atoms with Crippen LogP contribution in [0.5, 0.6) is 0 Å². The summed E-state index contributed by atoms with van der Waals surface area (Å²) in [5, 5.41) is 0. The molecule has 0 aromatic carbocycles. The molecule has 0 saturated carbocycles. The Hall–Kier alpha value is 0.527. The molecule has 0 radical (unpaired) electrons. The van der Waals surface area contributed by atoms with E-state index in [-0.39, 0.29) is 0 Å². The first-order chi connectivity index (χ1) is 4.48. The quantitative estimate of drug-likeness (QED) is 0.515. The highest BCUT2D eigenvalue weighted by atomic mass is 31.2. The van der Waals surface area contributed by atoms with Gasteiger partial charge in [-0.25, -0.2) is 0 Å². The highest BCUT2D eigenvalue weighted by molar-refractivity contribution is 7.41. The zero-order valence-corrected chi connectivity index (χ0v) is 8.56. The van der Waals surface area contributed by atoms with Crippen molar-refractivity contribution in [3.63, 3.8) is 0 Å². The third-order valence-electron chi connectivity index (χ3n) is 1.18. The third kappa shape index (κ3) is 5.32. The van der Waals surface area contributed by atoms with Crippen molar-refractivity contribution in [2.45, 2.75) is 32.5 Å². The van der Waals surface area contributed by atoms with Gasteiger partial charge in [0.1, 0.15) is 0 Å². The van der Waals surface area contributed by atoms with Crippen molar-refractivity contribution in [2.75, 3.05) is 0 Å². The average molecular weight is 182 g/mol. The van der Waals surface area contributed by atoms with Crippen LogP contribution in [0.3, 0.4) is 0 Å². The van der Waals surface area contributed by atoms with E-state index in [9.17, 15) is 0 Å².